The maximum absolute atomic E-state index is 12.8. The van der Waals surface area contributed by atoms with Gasteiger partial charge in [0.1, 0.15) is 0 Å². The number of nitrogens with zero attached hydrogens (tertiary/aromatic N) is 3. The highest BCUT2D eigenvalue weighted by atomic mass is 16.1. The molecule has 116 valence electrons. The molecule has 2 heterocycles. The lowest BCUT2D eigenvalue weighted by Gasteiger charge is -2.29. The largest absolute Gasteiger partial charge is 0.294 e. The average molecular weight is 305 g/mol. The fraction of sp³-hybridized carbons (Fsp3) is 0.316. The molecule has 0 atom stereocenters. The Labute approximate surface area is 135 Å². The van der Waals surface area contributed by atoms with Crippen molar-refractivity contribution in [1.29, 1.82) is 0 Å². The first-order valence-electron chi connectivity index (χ1n) is 7.91. The van der Waals surface area contributed by atoms with Crippen LogP contribution < -0.4 is 0 Å². The molecule has 23 heavy (non-hydrogen) atoms. The summed E-state index contributed by atoms with van der Waals surface area (Å²) in [5, 5.41) is 1.02. The first-order valence-corrected chi connectivity index (χ1v) is 7.91. The molecular weight excluding hydrogens is 286 g/mol. The summed E-state index contributed by atoms with van der Waals surface area (Å²) in [6.07, 6.45) is 4.91. The van der Waals surface area contributed by atoms with Gasteiger partial charge in [0.15, 0.2) is 5.78 Å². The van der Waals surface area contributed by atoms with Gasteiger partial charge in [-0.15, -0.1) is 0 Å². The summed E-state index contributed by atoms with van der Waals surface area (Å²) in [7, 11) is 0. The third kappa shape index (κ3) is 2.17. The second-order valence-electron chi connectivity index (χ2n) is 7.17. The number of fused-ring (bicyclic) bond motifs is 3. The minimum atomic E-state index is -0.0416. The monoisotopic (exact) mass is 305 g/mol. The van der Waals surface area contributed by atoms with Crippen molar-refractivity contribution in [2.24, 2.45) is 5.41 Å². The fourth-order valence-electron chi connectivity index (χ4n) is 3.61. The van der Waals surface area contributed by atoms with Gasteiger partial charge in [-0.25, -0.2) is 9.97 Å². The van der Waals surface area contributed by atoms with Gasteiger partial charge < -0.3 is 0 Å². The van der Waals surface area contributed by atoms with Crippen LogP contribution in [0.15, 0.2) is 36.7 Å². The number of aryl methyl sites for hydroxylation is 1. The topological polar surface area (TPSA) is 47.8 Å². The first-order chi connectivity index (χ1) is 11.0. The Morgan fingerprint density at radius 1 is 1.13 bits per heavy atom. The van der Waals surface area contributed by atoms with Gasteiger partial charge in [-0.05, 0) is 37.0 Å². The molecule has 0 fully saturated rings. The Hall–Kier alpha value is -2.49. The van der Waals surface area contributed by atoms with Crippen molar-refractivity contribution >= 4 is 16.7 Å². The molecule has 1 aliphatic carbocycles. The molecule has 0 radical (unpaired) electrons. The number of carbonyl (C=O) groups excluding carboxylic acids is 1. The number of Topliss-reactive ketones (excluding diaryl/α,β-unsaturated/α-hetero) is 1. The predicted molar refractivity (Wildman–Crippen MR) is 90.0 cm³/mol. The molecule has 0 saturated heterocycles. The van der Waals surface area contributed by atoms with E-state index in [0.717, 1.165) is 34.1 Å². The number of benzene rings is 1. The van der Waals surface area contributed by atoms with Gasteiger partial charge in [0.05, 0.1) is 5.52 Å². The summed E-state index contributed by atoms with van der Waals surface area (Å²) >= 11 is 0. The highest BCUT2D eigenvalue weighted by Crippen LogP contribution is 2.40. The Kier molecular flexibility index (Phi) is 2.92. The van der Waals surface area contributed by atoms with Gasteiger partial charge in [-0.3, -0.25) is 9.36 Å². The zero-order valence-corrected chi connectivity index (χ0v) is 13.6. The molecule has 2 aromatic heterocycles. The van der Waals surface area contributed by atoms with Gasteiger partial charge in [0.2, 0.25) is 5.95 Å². The Morgan fingerprint density at radius 2 is 1.87 bits per heavy atom. The first kappa shape index (κ1) is 14.1. The lowest BCUT2D eigenvalue weighted by Crippen LogP contribution is -2.28. The molecule has 4 rings (SSSR count). The van der Waals surface area contributed by atoms with Crippen LogP contribution in [0.1, 0.15) is 41.9 Å². The quantitative estimate of drug-likeness (QED) is 0.685. The summed E-state index contributed by atoms with van der Waals surface area (Å²) in [6.45, 7) is 6.35. The molecule has 3 aromatic rings. The highest BCUT2D eigenvalue weighted by molar-refractivity contribution is 6.11. The van der Waals surface area contributed by atoms with E-state index in [1.165, 1.54) is 0 Å². The molecule has 4 heteroatoms. The smallest absolute Gasteiger partial charge is 0.234 e. The molecule has 0 saturated carbocycles. The molecular formula is C19H19N3O. The number of carbonyl (C=O) groups is 1. The van der Waals surface area contributed by atoms with Gasteiger partial charge in [-0.2, -0.15) is 0 Å². The molecule has 0 unspecified atom stereocenters. The summed E-state index contributed by atoms with van der Waals surface area (Å²) in [6, 6.07) is 8.05. The number of hydrogen-bond donors (Lipinski definition) is 0. The van der Waals surface area contributed by atoms with Crippen LogP contribution in [0, 0.1) is 12.3 Å². The van der Waals surface area contributed by atoms with Crippen LogP contribution >= 0.6 is 0 Å². The van der Waals surface area contributed by atoms with E-state index in [9.17, 15) is 4.79 Å². The van der Waals surface area contributed by atoms with E-state index in [-0.39, 0.29) is 11.2 Å². The Morgan fingerprint density at radius 3 is 2.61 bits per heavy atom. The SMILES string of the molecule is Cc1ccc2c(c1)c1c(n2-c2ncccn2)CC(C)(C)CC1=O. The zero-order valence-electron chi connectivity index (χ0n) is 13.6. The van der Waals surface area contributed by atoms with Crippen molar-refractivity contribution in [3.05, 3.63) is 53.5 Å². The van der Waals surface area contributed by atoms with Gasteiger partial charge in [-0.1, -0.05) is 25.5 Å². The Balaban J connectivity index is 2.12. The molecule has 0 spiro atoms. The number of hydrogen-bond acceptors (Lipinski definition) is 3. The summed E-state index contributed by atoms with van der Waals surface area (Å²) in [5.41, 5.74) is 4.02. The average Bonchev–Trinajstić information content (AvgIpc) is 2.79. The maximum atomic E-state index is 12.8. The van der Waals surface area contributed by atoms with Crippen molar-refractivity contribution in [2.75, 3.05) is 0 Å². The second kappa shape index (κ2) is 4.75. The third-order valence-electron chi connectivity index (χ3n) is 4.54. The molecule has 0 aliphatic heterocycles. The number of ketones is 1. The summed E-state index contributed by atoms with van der Waals surface area (Å²) in [5.74, 6) is 0.856. The van der Waals surface area contributed by atoms with Crippen molar-refractivity contribution < 1.29 is 4.79 Å². The van der Waals surface area contributed by atoms with Crippen molar-refractivity contribution in [3.63, 3.8) is 0 Å². The van der Waals surface area contributed by atoms with E-state index in [2.05, 4.69) is 53.5 Å². The van der Waals surface area contributed by atoms with Crippen LogP contribution in [-0.2, 0) is 6.42 Å². The molecule has 1 aromatic carbocycles. The zero-order chi connectivity index (χ0) is 16.2. The lowest BCUT2D eigenvalue weighted by atomic mass is 9.75. The van der Waals surface area contributed by atoms with Crippen LogP contribution in [0.3, 0.4) is 0 Å². The van der Waals surface area contributed by atoms with E-state index in [1.54, 1.807) is 18.5 Å². The Bertz CT molecular complexity index is 923. The molecule has 1 aliphatic rings. The van der Waals surface area contributed by atoms with Crippen LogP contribution in [0.4, 0.5) is 0 Å². The third-order valence-corrected chi connectivity index (χ3v) is 4.54. The second-order valence-corrected chi connectivity index (χ2v) is 7.17. The molecule has 4 nitrogen and oxygen atoms in total. The van der Waals surface area contributed by atoms with Crippen molar-refractivity contribution in [2.45, 2.75) is 33.6 Å². The summed E-state index contributed by atoms with van der Waals surface area (Å²) in [4.78, 5) is 21.6. The standard InChI is InChI=1S/C19H19N3O/c1-12-5-6-14-13(9-12)17-15(10-19(2,3)11-16(17)23)22(14)18-20-7-4-8-21-18/h4-9H,10-11H2,1-3H3. The van der Waals surface area contributed by atoms with Crippen LogP contribution in [0.25, 0.3) is 16.9 Å². The van der Waals surface area contributed by atoms with Crippen LogP contribution in [-0.4, -0.2) is 20.3 Å². The lowest BCUT2D eigenvalue weighted by molar-refractivity contribution is 0.0912. The van der Waals surface area contributed by atoms with Gasteiger partial charge >= 0.3 is 0 Å². The molecule has 0 N–H and O–H groups in total. The highest BCUT2D eigenvalue weighted by Gasteiger charge is 2.36. The van der Waals surface area contributed by atoms with E-state index < -0.39 is 0 Å². The van der Waals surface area contributed by atoms with Gasteiger partial charge in [0, 0.05) is 35.5 Å². The van der Waals surface area contributed by atoms with E-state index in [0.29, 0.717) is 12.4 Å². The van der Waals surface area contributed by atoms with Crippen LogP contribution in [0.2, 0.25) is 0 Å². The molecule has 0 amide bonds. The number of aromatic nitrogens is 3. The van der Waals surface area contributed by atoms with Crippen LogP contribution in [0.5, 0.6) is 0 Å². The van der Waals surface area contributed by atoms with E-state index in [1.807, 2.05) is 0 Å². The van der Waals surface area contributed by atoms with E-state index >= 15 is 0 Å². The predicted octanol–water partition coefficient (Wildman–Crippen LogP) is 3.88. The van der Waals surface area contributed by atoms with Crippen molar-refractivity contribution in [1.82, 2.24) is 14.5 Å². The fourth-order valence-corrected chi connectivity index (χ4v) is 3.61. The van der Waals surface area contributed by atoms with E-state index in [4.69, 9.17) is 0 Å². The normalized spacial score (nSPS) is 16.6. The van der Waals surface area contributed by atoms with Crippen molar-refractivity contribution in [3.8, 4) is 5.95 Å². The summed E-state index contributed by atoms with van der Waals surface area (Å²) < 4.78 is 2.06. The van der Waals surface area contributed by atoms with Gasteiger partial charge in [0.25, 0.3) is 0 Å². The minimum absolute atomic E-state index is 0.0416. The molecule has 0 bridgehead atoms. The number of rotatable bonds is 1. The maximum Gasteiger partial charge on any atom is 0.234 e. The minimum Gasteiger partial charge on any atom is -0.294 e.